The molecule has 0 aliphatic heterocycles. The number of ether oxygens (including phenoxy) is 1. The van der Waals surface area contributed by atoms with Crippen LogP contribution in [0.5, 0.6) is 5.75 Å². The van der Waals surface area contributed by atoms with Gasteiger partial charge in [-0.3, -0.25) is 0 Å². The average molecular weight is 284 g/mol. The second-order valence-electron chi connectivity index (χ2n) is 4.76. The van der Waals surface area contributed by atoms with Gasteiger partial charge in [0.05, 0.1) is 0 Å². The molecular formula is C13H20N2O3S. The Morgan fingerprint density at radius 2 is 1.95 bits per heavy atom. The summed E-state index contributed by atoms with van der Waals surface area (Å²) in [4.78, 5) is 0.162. The zero-order chi connectivity index (χ0) is 13.9. The molecule has 2 rings (SSSR count). The zero-order valence-electron chi connectivity index (χ0n) is 11.0. The van der Waals surface area contributed by atoms with Crippen LogP contribution in [0.1, 0.15) is 25.7 Å². The van der Waals surface area contributed by atoms with Gasteiger partial charge >= 0.3 is 0 Å². The third-order valence-corrected chi connectivity index (χ3v) is 4.89. The Morgan fingerprint density at radius 3 is 2.63 bits per heavy atom. The normalized spacial score (nSPS) is 24.1. The fourth-order valence-corrected chi connectivity index (χ4v) is 3.17. The molecule has 0 aromatic heterocycles. The summed E-state index contributed by atoms with van der Waals surface area (Å²) in [7, 11) is -2.13. The van der Waals surface area contributed by atoms with Crippen LogP contribution >= 0.6 is 0 Å². The molecule has 0 radical (unpaired) electrons. The van der Waals surface area contributed by atoms with E-state index in [1.807, 2.05) is 0 Å². The monoisotopic (exact) mass is 284 g/mol. The summed E-state index contributed by atoms with van der Waals surface area (Å²) in [6.07, 6.45) is 3.86. The fourth-order valence-electron chi connectivity index (χ4n) is 2.31. The number of hydrogen-bond donors (Lipinski definition) is 2. The third-order valence-electron chi connectivity index (χ3n) is 3.44. The molecule has 0 saturated heterocycles. The van der Waals surface area contributed by atoms with E-state index in [-0.39, 0.29) is 17.0 Å². The van der Waals surface area contributed by atoms with Crippen LogP contribution < -0.4 is 15.2 Å². The highest BCUT2D eigenvalue weighted by Crippen LogP contribution is 2.28. The van der Waals surface area contributed by atoms with Crippen LogP contribution in [0, 0.1) is 0 Å². The molecule has 1 aromatic rings. The van der Waals surface area contributed by atoms with Gasteiger partial charge in [-0.2, -0.15) is 0 Å². The van der Waals surface area contributed by atoms with Crippen molar-refractivity contribution in [2.75, 3.05) is 7.05 Å². The smallest absolute Gasteiger partial charge is 0.243 e. The second-order valence-corrected chi connectivity index (χ2v) is 6.61. The lowest BCUT2D eigenvalue weighted by molar-refractivity contribution is 0.129. The maximum absolute atomic E-state index is 11.9. The van der Waals surface area contributed by atoms with Gasteiger partial charge in [0.25, 0.3) is 0 Å². The van der Waals surface area contributed by atoms with E-state index in [0.717, 1.165) is 25.7 Å². The molecule has 1 saturated carbocycles. The van der Waals surface area contributed by atoms with Crippen molar-refractivity contribution in [3.63, 3.8) is 0 Å². The predicted octanol–water partition coefficient (Wildman–Crippen LogP) is 1.24. The minimum absolute atomic E-state index is 0.0286. The highest BCUT2D eigenvalue weighted by molar-refractivity contribution is 7.89. The largest absolute Gasteiger partial charge is 0.487 e. The van der Waals surface area contributed by atoms with Crippen molar-refractivity contribution in [3.8, 4) is 5.75 Å². The molecule has 1 aliphatic rings. The first-order valence-corrected chi connectivity index (χ1v) is 7.98. The van der Waals surface area contributed by atoms with Crippen LogP contribution in [0.3, 0.4) is 0 Å². The van der Waals surface area contributed by atoms with Gasteiger partial charge in [-0.1, -0.05) is 18.6 Å². The maximum atomic E-state index is 11.9. The lowest BCUT2D eigenvalue weighted by Gasteiger charge is -2.29. The fraction of sp³-hybridized carbons (Fsp3) is 0.538. The van der Waals surface area contributed by atoms with Gasteiger partial charge in [0.15, 0.2) is 0 Å². The van der Waals surface area contributed by atoms with E-state index in [4.69, 9.17) is 10.5 Å². The summed E-state index contributed by atoms with van der Waals surface area (Å²) >= 11 is 0. The van der Waals surface area contributed by atoms with Gasteiger partial charge in [0, 0.05) is 6.04 Å². The number of sulfonamides is 1. The minimum Gasteiger partial charge on any atom is -0.487 e. The Bertz CT molecular complexity index is 530. The van der Waals surface area contributed by atoms with Crippen LogP contribution in [0.25, 0.3) is 0 Å². The van der Waals surface area contributed by atoms with Crippen LogP contribution in [0.4, 0.5) is 0 Å². The van der Waals surface area contributed by atoms with Crippen molar-refractivity contribution in [1.29, 1.82) is 0 Å². The van der Waals surface area contributed by atoms with Gasteiger partial charge < -0.3 is 10.5 Å². The number of nitrogens with two attached hydrogens (primary N) is 1. The molecule has 3 N–H and O–H groups in total. The van der Waals surface area contributed by atoms with Crippen molar-refractivity contribution in [2.24, 2.45) is 5.73 Å². The number of nitrogens with one attached hydrogen (secondary N) is 1. The van der Waals surface area contributed by atoms with Crippen molar-refractivity contribution < 1.29 is 13.2 Å². The zero-order valence-corrected chi connectivity index (χ0v) is 11.8. The molecule has 5 nitrogen and oxygen atoms in total. The number of rotatable bonds is 4. The molecule has 106 valence electrons. The highest BCUT2D eigenvalue weighted by Gasteiger charge is 2.26. The SMILES string of the molecule is CNS(=O)(=O)c1ccccc1OC1CCCCC1N. The van der Waals surface area contributed by atoms with Crippen LogP contribution in [0.2, 0.25) is 0 Å². The minimum atomic E-state index is -3.51. The van der Waals surface area contributed by atoms with Gasteiger partial charge in [0.1, 0.15) is 16.7 Å². The van der Waals surface area contributed by atoms with Gasteiger partial charge in [0.2, 0.25) is 10.0 Å². The Balaban J connectivity index is 2.25. The average Bonchev–Trinajstić information content (AvgIpc) is 2.42. The second kappa shape index (κ2) is 5.90. The number of para-hydroxylation sites is 1. The molecule has 2 unspecified atom stereocenters. The molecule has 6 heteroatoms. The van der Waals surface area contributed by atoms with Crippen LogP contribution in [0.15, 0.2) is 29.2 Å². The van der Waals surface area contributed by atoms with E-state index in [1.165, 1.54) is 13.1 Å². The Kier molecular flexibility index (Phi) is 4.44. The molecule has 2 atom stereocenters. The van der Waals surface area contributed by atoms with Crippen LogP contribution in [-0.2, 0) is 10.0 Å². The van der Waals surface area contributed by atoms with Gasteiger partial charge in [-0.05, 0) is 38.4 Å². The summed E-state index contributed by atoms with van der Waals surface area (Å²) in [5.41, 5.74) is 6.03. The third kappa shape index (κ3) is 3.26. The van der Waals surface area contributed by atoms with Crippen molar-refractivity contribution in [3.05, 3.63) is 24.3 Å². The van der Waals surface area contributed by atoms with Gasteiger partial charge in [-0.25, -0.2) is 13.1 Å². The Labute approximate surface area is 114 Å². The van der Waals surface area contributed by atoms with Gasteiger partial charge in [-0.15, -0.1) is 0 Å². The highest BCUT2D eigenvalue weighted by atomic mass is 32.2. The lowest BCUT2D eigenvalue weighted by atomic mass is 9.93. The van der Waals surface area contributed by atoms with Crippen molar-refractivity contribution in [2.45, 2.75) is 42.7 Å². The first-order valence-electron chi connectivity index (χ1n) is 6.49. The first-order chi connectivity index (χ1) is 9.04. The maximum Gasteiger partial charge on any atom is 0.243 e. The van der Waals surface area contributed by atoms with Crippen molar-refractivity contribution in [1.82, 2.24) is 4.72 Å². The van der Waals surface area contributed by atoms with E-state index in [2.05, 4.69) is 4.72 Å². The summed E-state index contributed by atoms with van der Waals surface area (Å²) < 4.78 is 32.0. The standard InChI is InChI=1S/C13H20N2O3S/c1-15-19(16,17)13-9-5-4-8-12(13)18-11-7-3-2-6-10(11)14/h4-5,8-11,15H,2-3,6-7,14H2,1H3. The Hall–Kier alpha value is -1.11. The van der Waals surface area contributed by atoms with E-state index in [0.29, 0.717) is 5.75 Å². The van der Waals surface area contributed by atoms with E-state index >= 15 is 0 Å². The first kappa shape index (κ1) is 14.3. The molecule has 0 spiro atoms. The number of hydrogen-bond acceptors (Lipinski definition) is 4. The molecule has 19 heavy (non-hydrogen) atoms. The molecule has 1 aromatic carbocycles. The number of benzene rings is 1. The predicted molar refractivity (Wildman–Crippen MR) is 73.5 cm³/mol. The van der Waals surface area contributed by atoms with E-state index in [1.54, 1.807) is 18.2 Å². The molecule has 1 aliphatic carbocycles. The molecule has 0 bridgehead atoms. The summed E-state index contributed by atoms with van der Waals surface area (Å²) in [5, 5.41) is 0. The molecule has 0 amide bonds. The molecule has 1 fully saturated rings. The quantitative estimate of drug-likeness (QED) is 0.871. The summed E-state index contributed by atoms with van der Waals surface area (Å²) in [6, 6.07) is 6.62. The van der Waals surface area contributed by atoms with E-state index < -0.39 is 10.0 Å². The Morgan fingerprint density at radius 1 is 1.26 bits per heavy atom. The van der Waals surface area contributed by atoms with Crippen LogP contribution in [-0.4, -0.2) is 27.6 Å². The lowest BCUT2D eigenvalue weighted by Crippen LogP contribution is -2.41. The molecule has 0 heterocycles. The summed E-state index contributed by atoms with van der Waals surface area (Å²) in [5.74, 6) is 0.374. The molecular weight excluding hydrogens is 264 g/mol. The topological polar surface area (TPSA) is 81.4 Å². The van der Waals surface area contributed by atoms with Crippen molar-refractivity contribution >= 4 is 10.0 Å². The van der Waals surface area contributed by atoms with E-state index in [9.17, 15) is 8.42 Å². The summed E-state index contributed by atoms with van der Waals surface area (Å²) in [6.45, 7) is 0.